The van der Waals surface area contributed by atoms with E-state index < -0.39 is 11.7 Å². The molecule has 1 aromatic carbocycles. The van der Waals surface area contributed by atoms with Crippen molar-refractivity contribution in [2.45, 2.75) is 12.8 Å². The molecule has 0 bridgehead atoms. The van der Waals surface area contributed by atoms with Crippen LogP contribution in [-0.2, 0) is 4.79 Å². The second kappa shape index (κ2) is 8.73. The second-order valence-electron chi connectivity index (χ2n) is 6.81. The first-order chi connectivity index (χ1) is 14.3. The van der Waals surface area contributed by atoms with Gasteiger partial charge in [0.2, 0.25) is 17.7 Å². The molecule has 2 N–H and O–H groups in total. The summed E-state index contributed by atoms with van der Waals surface area (Å²) in [6.07, 6.45) is 0. The SMILES string of the molecule is COc1nc(N2CCN=C(N)N(C)C(=O)[C@@H](c3cccc(C#N)c3)C2)nc(C)c1F. The molecule has 156 valence electrons. The van der Waals surface area contributed by atoms with Gasteiger partial charge in [-0.1, -0.05) is 12.1 Å². The summed E-state index contributed by atoms with van der Waals surface area (Å²) in [5, 5.41) is 9.25. The van der Waals surface area contributed by atoms with Crippen molar-refractivity contribution in [3.8, 4) is 11.9 Å². The standard InChI is InChI=1S/C20H22FN7O2/c1-12-16(21)17(30-3)26-20(25-12)28-8-7-24-19(23)27(2)18(29)15(11-28)14-6-4-5-13(9-14)10-22/h4-6,9,15H,7-8,11H2,1-3H3,(H2,23,24)/t15-/m1/s1. The fourth-order valence-corrected chi connectivity index (χ4v) is 3.18. The smallest absolute Gasteiger partial charge is 0.255 e. The Labute approximate surface area is 173 Å². The number of aryl methyl sites for hydroxylation is 1. The maximum absolute atomic E-state index is 14.2. The van der Waals surface area contributed by atoms with Gasteiger partial charge in [-0.15, -0.1) is 0 Å². The number of anilines is 1. The number of hydrogen-bond donors (Lipinski definition) is 1. The van der Waals surface area contributed by atoms with Gasteiger partial charge in [-0.2, -0.15) is 14.6 Å². The molecule has 10 heteroatoms. The van der Waals surface area contributed by atoms with Gasteiger partial charge in [-0.25, -0.2) is 4.98 Å². The molecule has 0 fully saturated rings. The second-order valence-corrected chi connectivity index (χ2v) is 6.81. The van der Waals surface area contributed by atoms with Crippen LogP contribution in [0.1, 0.15) is 22.7 Å². The lowest BCUT2D eigenvalue weighted by Gasteiger charge is -2.28. The van der Waals surface area contributed by atoms with E-state index in [0.29, 0.717) is 17.7 Å². The number of nitrogens with zero attached hydrogens (tertiary/aromatic N) is 6. The van der Waals surface area contributed by atoms with Crippen molar-refractivity contribution >= 4 is 17.8 Å². The van der Waals surface area contributed by atoms with Gasteiger partial charge >= 0.3 is 0 Å². The van der Waals surface area contributed by atoms with Crippen LogP contribution in [0.5, 0.6) is 5.88 Å². The van der Waals surface area contributed by atoms with Gasteiger partial charge in [0.1, 0.15) is 0 Å². The van der Waals surface area contributed by atoms with Crippen LogP contribution in [0.25, 0.3) is 0 Å². The number of likely N-dealkylation sites (N-methyl/N-ethyl adjacent to an activating group) is 1. The van der Waals surface area contributed by atoms with Crippen molar-refractivity contribution in [1.29, 1.82) is 5.26 Å². The zero-order valence-corrected chi connectivity index (χ0v) is 17.0. The quantitative estimate of drug-likeness (QED) is 0.805. The van der Waals surface area contributed by atoms with Crippen molar-refractivity contribution in [2.75, 3.05) is 38.7 Å². The Bertz CT molecular complexity index is 1030. The van der Waals surface area contributed by atoms with Gasteiger partial charge in [0.15, 0.2) is 5.96 Å². The van der Waals surface area contributed by atoms with E-state index in [1.807, 2.05) is 0 Å². The number of aliphatic imine (C=N–C) groups is 1. The molecule has 1 atom stereocenters. The highest BCUT2D eigenvalue weighted by Crippen LogP contribution is 2.26. The fraction of sp³-hybridized carbons (Fsp3) is 0.350. The summed E-state index contributed by atoms with van der Waals surface area (Å²) in [6, 6.07) is 8.91. The van der Waals surface area contributed by atoms with Crippen LogP contribution in [0, 0.1) is 24.1 Å². The molecule has 1 amide bonds. The Balaban J connectivity index is 2.08. The number of carbonyl (C=O) groups is 1. The summed E-state index contributed by atoms with van der Waals surface area (Å²) in [4.78, 5) is 28.9. The van der Waals surface area contributed by atoms with Gasteiger partial charge in [0, 0.05) is 20.1 Å². The van der Waals surface area contributed by atoms with E-state index in [2.05, 4.69) is 21.0 Å². The first-order valence-corrected chi connectivity index (χ1v) is 9.26. The summed E-state index contributed by atoms with van der Waals surface area (Å²) in [7, 11) is 2.88. The van der Waals surface area contributed by atoms with E-state index in [1.165, 1.54) is 18.9 Å². The van der Waals surface area contributed by atoms with Crippen LogP contribution >= 0.6 is 0 Å². The first-order valence-electron chi connectivity index (χ1n) is 9.26. The molecule has 0 spiro atoms. The summed E-state index contributed by atoms with van der Waals surface area (Å²) < 4.78 is 19.2. The minimum atomic E-state index is -0.671. The Morgan fingerprint density at radius 3 is 2.83 bits per heavy atom. The third-order valence-electron chi connectivity index (χ3n) is 4.89. The summed E-state index contributed by atoms with van der Waals surface area (Å²) >= 11 is 0. The van der Waals surface area contributed by atoms with Crippen LogP contribution in [-0.4, -0.2) is 60.5 Å². The number of nitriles is 1. The third-order valence-corrected chi connectivity index (χ3v) is 4.89. The average Bonchev–Trinajstić information content (AvgIpc) is 2.81. The predicted octanol–water partition coefficient (Wildman–Crippen LogP) is 1.18. The summed E-state index contributed by atoms with van der Waals surface area (Å²) in [5.41, 5.74) is 7.18. The molecule has 0 radical (unpaired) electrons. The van der Waals surface area contributed by atoms with E-state index in [0.717, 1.165) is 0 Å². The molecule has 9 nitrogen and oxygen atoms in total. The molecule has 1 aliphatic rings. The van der Waals surface area contributed by atoms with E-state index in [1.54, 1.807) is 36.2 Å². The third kappa shape index (κ3) is 4.15. The Morgan fingerprint density at radius 1 is 1.37 bits per heavy atom. The summed E-state index contributed by atoms with van der Waals surface area (Å²) in [6.45, 7) is 2.35. The molecule has 30 heavy (non-hydrogen) atoms. The monoisotopic (exact) mass is 411 g/mol. The first kappa shape index (κ1) is 21.0. The number of hydrogen-bond acceptors (Lipinski definition) is 8. The number of amides is 1. The molecule has 1 aliphatic heterocycles. The minimum absolute atomic E-state index is 0.0945. The largest absolute Gasteiger partial charge is 0.479 e. The Kier molecular flexibility index (Phi) is 6.11. The van der Waals surface area contributed by atoms with Crippen molar-refractivity contribution in [3.05, 3.63) is 46.9 Å². The van der Waals surface area contributed by atoms with Gasteiger partial charge < -0.3 is 15.4 Å². The van der Waals surface area contributed by atoms with Crippen LogP contribution in [0.3, 0.4) is 0 Å². The number of aromatic nitrogens is 2. The highest BCUT2D eigenvalue weighted by molar-refractivity contribution is 5.99. The molecular formula is C20H22FN7O2. The number of rotatable bonds is 3. The van der Waals surface area contributed by atoms with Crippen molar-refractivity contribution in [3.63, 3.8) is 0 Å². The maximum atomic E-state index is 14.2. The summed E-state index contributed by atoms with van der Waals surface area (Å²) in [5.74, 6) is -1.46. The maximum Gasteiger partial charge on any atom is 0.255 e. The molecule has 0 saturated heterocycles. The zero-order chi connectivity index (χ0) is 21.8. The number of methoxy groups -OCH3 is 1. The lowest BCUT2D eigenvalue weighted by molar-refractivity contribution is -0.127. The van der Waals surface area contributed by atoms with Crippen molar-refractivity contribution in [1.82, 2.24) is 14.9 Å². The van der Waals surface area contributed by atoms with Gasteiger partial charge in [0.05, 0.1) is 36.9 Å². The number of ether oxygens (including phenoxy) is 1. The number of guanidine groups is 1. The fourth-order valence-electron chi connectivity index (χ4n) is 3.18. The molecule has 3 rings (SSSR count). The molecule has 2 heterocycles. The van der Waals surface area contributed by atoms with Gasteiger partial charge in [-0.05, 0) is 24.6 Å². The normalized spacial score (nSPS) is 17.5. The number of nitrogens with two attached hydrogens (primary N) is 1. The minimum Gasteiger partial charge on any atom is -0.479 e. The van der Waals surface area contributed by atoms with Gasteiger partial charge in [-0.3, -0.25) is 14.7 Å². The Hall–Kier alpha value is -3.74. The van der Waals surface area contributed by atoms with E-state index in [4.69, 9.17) is 10.5 Å². The number of halogens is 1. The van der Waals surface area contributed by atoms with Gasteiger partial charge in [0.25, 0.3) is 5.88 Å². The molecule has 1 aromatic heterocycles. The van der Waals surface area contributed by atoms with Crippen LogP contribution in [0.15, 0.2) is 29.3 Å². The van der Waals surface area contributed by atoms with E-state index in [-0.39, 0.29) is 42.5 Å². The van der Waals surface area contributed by atoms with E-state index >= 15 is 0 Å². The van der Waals surface area contributed by atoms with Crippen LogP contribution in [0.4, 0.5) is 10.3 Å². The highest BCUT2D eigenvalue weighted by Gasteiger charge is 2.30. The lowest BCUT2D eigenvalue weighted by atomic mass is 9.95. The molecule has 0 unspecified atom stereocenters. The van der Waals surface area contributed by atoms with Crippen molar-refractivity contribution < 1.29 is 13.9 Å². The topological polar surface area (TPSA) is 121 Å². The highest BCUT2D eigenvalue weighted by atomic mass is 19.1. The average molecular weight is 411 g/mol. The molecule has 0 aliphatic carbocycles. The molecule has 0 saturated carbocycles. The number of carbonyl (C=O) groups excluding carboxylic acids is 1. The van der Waals surface area contributed by atoms with Crippen molar-refractivity contribution in [2.24, 2.45) is 10.7 Å². The number of benzene rings is 1. The lowest BCUT2D eigenvalue weighted by Crippen LogP contribution is -2.43. The van der Waals surface area contributed by atoms with E-state index in [9.17, 15) is 14.4 Å². The zero-order valence-electron chi connectivity index (χ0n) is 17.0. The predicted molar refractivity (Wildman–Crippen MR) is 109 cm³/mol. The van der Waals surface area contributed by atoms with Crippen LogP contribution in [0.2, 0.25) is 0 Å². The molecule has 2 aromatic rings. The van der Waals surface area contributed by atoms with Crippen LogP contribution < -0.4 is 15.4 Å². The molecular weight excluding hydrogens is 389 g/mol. The Morgan fingerprint density at radius 2 is 2.13 bits per heavy atom.